The number of aryl methyl sites for hydroxylation is 1. The largest absolute Gasteiger partial charge is 0.508 e. The highest BCUT2D eigenvalue weighted by Crippen LogP contribution is 2.32. The van der Waals surface area contributed by atoms with E-state index in [-0.39, 0.29) is 25.6 Å². The fraction of sp³-hybridized carbons (Fsp3) is 0.368. The first-order valence-corrected chi connectivity index (χ1v) is 8.61. The Morgan fingerprint density at radius 1 is 0.885 bits per heavy atom. The van der Waals surface area contributed by atoms with E-state index in [0.29, 0.717) is 25.3 Å². The zero-order valence-corrected chi connectivity index (χ0v) is 14.9. The normalized spacial score (nSPS) is 10.6. The van der Waals surface area contributed by atoms with Gasteiger partial charge in [0.2, 0.25) is 0 Å². The van der Waals surface area contributed by atoms with E-state index in [0.717, 1.165) is 22.6 Å². The lowest BCUT2D eigenvalue weighted by atomic mass is 10.1. The van der Waals surface area contributed by atoms with Gasteiger partial charge in [0, 0.05) is 37.1 Å². The van der Waals surface area contributed by atoms with Gasteiger partial charge in [-0.3, -0.25) is 0 Å². The molecule has 0 aromatic heterocycles. The number of phenolic OH excluding ortho intramolecular Hbond substituents is 1. The van der Waals surface area contributed by atoms with Crippen LogP contribution in [0, 0.1) is 6.92 Å². The average Bonchev–Trinajstić information content (AvgIpc) is 2.64. The SMILES string of the molecule is Cc1cc(Nc2ccc(N(CCO)CCO)cc2)c(NCCO)cc1O. The van der Waals surface area contributed by atoms with E-state index in [1.807, 2.05) is 42.2 Å². The lowest BCUT2D eigenvalue weighted by molar-refractivity contribution is 0.281. The Morgan fingerprint density at radius 2 is 1.54 bits per heavy atom. The predicted octanol–water partition coefficient (Wildman–Crippen LogP) is 1.64. The van der Waals surface area contributed by atoms with Crippen molar-refractivity contribution in [3.63, 3.8) is 0 Å². The summed E-state index contributed by atoms with van der Waals surface area (Å²) in [6.45, 7) is 3.15. The predicted molar refractivity (Wildman–Crippen MR) is 105 cm³/mol. The Bertz CT molecular complexity index is 686. The number of nitrogens with zero attached hydrogens (tertiary/aromatic N) is 1. The van der Waals surface area contributed by atoms with Gasteiger partial charge in [-0.2, -0.15) is 0 Å². The number of aliphatic hydroxyl groups excluding tert-OH is 3. The van der Waals surface area contributed by atoms with E-state index in [9.17, 15) is 5.11 Å². The highest BCUT2D eigenvalue weighted by atomic mass is 16.3. The molecule has 0 radical (unpaired) electrons. The third kappa shape index (κ3) is 5.26. The zero-order chi connectivity index (χ0) is 18.9. The molecule has 7 nitrogen and oxygen atoms in total. The lowest BCUT2D eigenvalue weighted by Gasteiger charge is -2.23. The second-order valence-corrected chi connectivity index (χ2v) is 5.94. The molecule has 0 fully saturated rings. The Kier molecular flexibility index (Phi) is 7.53. The van der Waals surface area contributed by atoms with Crippen molar-refractivity contribution in [3.8, 4) is 5.75 Å². The van der Waals surface area contributed by atoms with Crippen molar-refractivity contribution in [2.75, 3.05) is 55.0 Å². The first-order valence-electron chi connectivity index (χ1n) is 8.61. The first-order chi connectivity index (χ1) is 12.6. The van der Waals surface area contributed by atoms with Crippen LogP contribution < -0.4 is 15.5 Å². The number of rotatable bonds is 10. The maximum Gasteiger partial charge on any atom is 0.120 e. The molecule has 0 saturated carbocycles. The molecule has 0 aliphatic carbocycles. The van der Waals surface area contributed by atoms with Crippen LogP contribution in [0.5, 0.6) is 5.75 Å². The Labute approximate surface area is 153 Å². The topological polar surface area (TPSA) is 108 Å². The molecule has 142 valence electrons. The smallest absolute Gasteiger partial charge is 0.120 e. The average molecular weight is 361 g/mol. The van der Waals surface area contributed by atoms with E-state index in [1.54, 1.807) is 6.07 Å². The molecule has 0 unspecified atom stereocenters. The quantitative estimate of drug-likeness (QED) is 0.357. The van der Waals surface area contributed by atoms with Crippen LogP contribution in [-0.2, 0) is 0 Å². The Balaban J connectivity index is 2.19. The number of hydrogen-bond donors (Lipinski definition) is 6. The molecule has 2 rings (SSSR count). The van der Waals surface area contributed by atoms with Crippen molar-refractivity contribution in [2.45, 2.75) is 6.92 Å². The Hall–Kier alpha value is -2.48. The van der Waals surface area contributed by atoms with Crippen LogP contribution in [0.1, 0.15) is 5.56 Å². The van der Waals surface area contributed by atoms with Gasteiger partial charge in [-0.15, -0.1) is 0 Å². The molecule has 0 amide bonds. The minimum atomic E-state index is -0.00563. The third-order valence-corrected chi connectivity index (χ3v) is 4.01. The van der Waals surface area contributed by atoms with Gasteiger partial charge >= 0.3 is 0 Å². The summed E-state index contributed by atoms with van der Waals surface area (Å²) in [6.07, 6.45) is 0. The summed E-state index contributed by atoms with van der Waals surface area (Å²) in [7, 11) is 0. The standard InChI is InChI=1S/C19H27N3O4/c1-14-12-18(17(13-19(14)26)20-6-9-23)21-15-2-4-16(5-3-15)22(7-10-24)8-11-25/h2-5,12-13,20-21,23-26H,6-11H2,1H3. The number of aromatic hydroxyl groups is 1. The van der Waals surface area contributed by atoms with Gasteiger partial charge in [-0.1, -0.05) is 0 Å². The van der Waals surface area contributed by atoms with Crippen LogP contribution in [0.3, 0.4) is 0 Å². The molecule has 0 atom stereocenters. The summed E-state index contributed by atoms with van der Waals surface area (Å²) in [5.74, 6) is 0.190. The second kappa shape index (κ2) is 9.86. The van der Waals surface area contributed by atoms with Crippen LogP contribution in [0.15, 0.2) is 36.4 Å². The maximum atomic E-state index is 9.91. The molecule has 2 aromatic carbocycles. The molecule has 7 heteroatoms. The van der Waals surface area contributed by atoms with Crippen molar-refractivity contribution >= 4 is 22.7 Å². The molecule has 26 heavy (non-hydrogen) atoms. The van der Waals surface area contributed by atoms with E-state index in [4.69, 9.17) is 15.3 Å². The van der Waals surface area contributed by atoms with Gasteiger partial charge in [0.1, 0.15) is 5.75 Å². The van der Waals surface area contributed by atoms with Gasteiger partial charge in [0.15, 0.2) is 0 Å². The third-order valence-electron chi connectivity index (χ3n) is 4.01. The van der Waals surface area contributed by atoms with E-state index >= 15 is 0 Å². The molecular formula is C19H27N3O4. The monoisotopic (exact) mass is 361 g/mol. The lowest BCUT2D eigenvalue weighted by Crippen LogP contribution is -2.29. The van der Waals surface area contributed by atoms with Crippen LogP contribution in [0.2, 0.25) is 0 Å². The van der Waals surface area contributed by atoms with E-state index < -0.39 is 0 Å². The van der Waals surface area contributed by atoms with Crippen LogP contribution in [0.25, 0.3) is 0 Å². The summed E-state index contributed by atoms with van der Waals surface area (Å²) in [6, 6.07) is 11.1. The number of hydrogen-bond acceptors (Lipinski definition) is 7. The second-order valence-electron chi connectivity index (χ2n) is 5.94. The minimum absolute atomic E-state index is 0.00563. The number of phenols is 1. The molecule has 0 aliphatic heterocycles. The molecule has 0 heterocycles. The van der Waals surface area contributed by atoms with Crippen LogP contribution in [0.4, 0.5) is 22.7 Å². The van der Waals surface area contributed by atoms with Crippen molar-refractivity contribution in [2.24, 2.45) is 0 Å². The first kappa shape index (κ1) is 19.8. The van der Waals surface area contributed by atoms with Gasteiger partial charge < -0.3 is 36.0 Å². The van der Waals surface area contributed by atoms with Crippen molar-refractivity contribution in [1.82, 2.24) is 0 Å². The summed E-state index contributed by atoms with van der Waals surface area (Å²) in [5, 5.41) is 43.6. The molecule has 0 aliphatic rings. The summed E-state index contributed by atoms with van der Waals surface area (Å²) in [4.78, 5) is 1.91. The molecule has 2 aromatic rings. The van der Waals surface area contributed by atoms with Gasteiger partial charge in [-0.25, -0.2) is 0 Å². The molecule has 0 saturated heterocycles. The number of aliphatic hydroxyl groups is 3. The van der Waals surface area contributed by atoms with Crippen molar-refractivity contribution < 1.29 is 20.4 Å². The van der Waals surface area contributed by atoms with Gasteiger partial charge in [0.05, 0.1) is 31.2 Å². The summed E-state index contributed by atoms with van der Waals surface area (Å²) in [5.41, 5.74) is 4.02. The fourth-order valence-corrected chi connectivity index (χ4v) is 2.66. The molecule has 6 N–H and O–H groups in total. The number of nitrogens with one attached hydrogen (secondary N) is 2. The van der Waals surface area contributed by atoms with Gasteiger partial charge in [-0.05, 0) is 42.8 Å². The van der Waals surface area contributed by atoms with Gasteiger partial charge in [0.25, 0.3) is 0 Å². The van der Waals surface area contributed by atoms with Crippen LogP contribution in [-0.4, -0.2) is 59.9 Å². The highest BCUT2D eigenvalue weighted by molar-refractivity contribution is 5.77. The van der Waals surface area contributed by atoms with E-state index in [2.05, 4.69) is 10.6 Å². The van der Waals surface area contributed by atoms with Crippen molar-refractivity contribution in [3.05, 3.63) is 42.0 Å². The van der Waals surface area contributed by atoms with Crippen LogP contribution >= 0.6 is 0 Å². The zero-order valence-electron chi connectivity index (χ0n) is 14.9. The number of benzene rings is 2. The molecular weight excluding hydrogens is 334 g/mol. The summed E-state index contributed by atoms with van der Waals surface area (Å²) >= 11 is 0. The molecule has 0 bridgehead atoms. The molecule has 0 spiro atoms. The Morgan fingerprint density at radius 3 is 2.12 bits per heavy atom. The van der Waals surface area contributed by atoms with Crippen molar-refractivity contribution in [1.29, 1.82) is 0 Å². The van der Waals surface area contributed by atoms with E-state index in [1.165, 1.54) is 0 Å². The fourth-order valence-electron chi connectivity index (χ4n) is 2.66. The minimum Gasteiger partial charge on any atom is -0.508 e. The number of anilines is 4. The maximum absolute atomic E-state index is 9.91. The summed E-state index contributed by atoms with van der Waals surface area (Å²) < 4.78 is 0. The highest BCUT2D eigenvalue weighted by Gasteiger charge is 2.09.